The number of fused-ring (bicyclic) bond motifs is 1. The third-order valence-electron chi connectivity index (χ3n) is 4.07. The van der Waals surface area contributed by atoms with Gasteiger partial charge in [0.15, 0.2) is 5.78 Å². The average Bonchev–Trinajstić information content (AvgIpc) is 2.39. The number of para-hydroxylation sites is 1. The molecule has 2 aliphatic rings. The second-order valence-corrected chi connectivity index (χ2v) is 4.98. The number of ketones is 1. The van der Waals surface area contributed by atoms with Gasteiger partial charge in [-0.1, -0.05) is 30.4 Å². The minimum absolute atomic E-state index is 0.0546. The summed E-state index contributed by atoms with van der Waals surface area (Å²) in [5, 5.41) is 0. The molecule has 17 heavy (non-hydrogen) atoms. The Labute approximate surface area is 102 Å². The monoisotopic (exact) mass is 227 g/mol. The van der Waals surface area contributed by atoms with Crippen LogP contribution >= 0.6 is 0 Å². The van der Waals surface area contributed by atoms with E-state index in [1.165, 1.54) is 0 Å². The number of benzene rings is 1. The molecule has 88 valence electrons. The molecule has 2 aliphatic carbocycles. The van der Waals surface area contributed by atoms with Crippen molar-refractivity contribution in [2.24, 2.45) is 11.8 Å². The van der Waals surface area contributed by atoms with Gasteiger partial charge >= 0.3 is 0 Å². The molecule has 0 bridgehead atoms. The lowest BCUT2D eigenvalue weighted by Gasteiger charge is -2.48. The zero-order valence-electron chi connectivity index (χ0n) is 10.0. The van der Waals surface area contributed by atoms with Crippen LogP contribution in [0.4, 0.5) is 5.69 Å². The van der Waals surface area contributed by atoms with E-state index in [9.17, 15) is 4.79 Å². The van der Waals surface area contributed by atoms with Gasteiger partial charge in [-0.05, 0) is 25.0 Å². The Morgan fingerprint density at radius 1 is 1.24 bits per heavy atom. The fourth-order valence-electron chi connectivity index (χ4n) is 3.08. The Balaban J connectivity index is 1.83. The number of carbonyl (C=O) groups is 1. The average molecular weight is 227 g/mol. The molecule has 0 N–H and O–H groups in total. The number of allylic oxidation sites excluding steroid dienone is 1. The first-order valence-corrected chi connectivity index (χ1v) is 6.27. The summed E-state index contributed by atoms with van der Waals surface area (Å²) in [6.07, 6.45) is 6.56. The molecule has 0 heterocycles. The van der Waals surface area contributed by atoms with E-state index >= 15 is 0 Å². The molecule has 0 aliphatic heterocycles. The zero-order valence-corrected chi connectivity index (χ0v) is 10.0. The maximum atomic E-state index is 12.1. The summed E-state index contributed by atoms with van der Waals surface area (Å²) >= 11 is 0. The molecule has 0 radical (unpaired) electrons. The zero-order chi connectivity index (χ0) is 11.8. The van der Waals surface area contributed by atoms with Crippen LogP contribution in [-0.2, 0) is 4.79 Å². The Bertz CT molecular complexity index is 451. The lowest BCUT2D eigenvalue weighted by molar-refractivity contribution is -0.135. The fraction of sp³-hybridized carbons (Fsp3) is 0.400. The fourth-order valence-corrected chi connectivity index (χ4v) is 3.08. The Kier molecular flexibility index (Phi) is 2.50. The van der Waals surface area contributed by atoms with Crippen molar-refractivity contribution in [3.8, 4) is 0 Å². The number of rotatable bonds is 2. The molecule has 0 spiro atoms. The highest BCUT2D eigenvalue weighted by Crippen LogP contribution is 2.42. The lowest BCUT2D eigenvalue weighted by Crippen LogP contribution is -2.60. The summed E-state index contributed by atoms with van der Waals surface area (Å²) < 4.78 is 0. The van der Waals surface area contributed by atoms with E-state index in [-0.39, 0.29) is 12.0 Å². The molecule has 0 saturated heterocycles. The van der Waals surface area contributed by atoms with Gasteiger partial charge in [0.2, 0.25) is 0 Å². The molecule has 0 unspecified atom stereocenters. The van der Waals surface area contributed by atoms with Gasteiger partial charge in [0.1, 0.15) is 0 Å². The van der Waals surface area contributed by atoms with Crippen molar-refractivity contribution in [1.82, 2.24) is 0 Å². The van der Waals surface area contributed by atoms with Crippen LogP contribution in [0.1, 0.15) is 12.8 Å². The van der Waals surface area contributed by atoms with E-state index in [1.807, 2.05) is 25.2 Å². The molecule has 1 aromatic rings. The molecule has 3 atom stereocenters. The van der Waals surface area contributed by atoms with Gasteiger partial charge in [-0.25, -0.2) is 0 Å². The number of Topliss-reactive ketones (excluding diaryl/α,β-unsaturated/α-hetero) is 1. The number of anilines is 1. The molecule has 1 fully saturated rings. The van der Waals surface area contributed by atoms with Gasteiger partial charge in [0.25, 0.3) is 0 Å². The molecular weight excluding hydrogens is 210 g/mol. The minimum Gasteiger partial charge on any atom is -0.364 e. The van der Waals surface area contributed by atoms with Crippen LogP contribution in [0.3, 0.4) is 0 Å². The topological polar surface area (TPSA) is 20.3 Å². The SMILES string of the molecule is CN(c1ccccc1)[C@@H]1C(=O)[C@@H]2CCC=C[C@H]12. The van der Waals surface area contributed by atoms with Crippen LogP contribution in [-0.4, -0.2) is 18.9 Å². The minimum atomic E-state index is 0.0546. The molecule has 0 amide bonds. The van der Waals surface area contributed by atoms with Gasteiger partial charge in [0.05, 0.1) is 6.04 Å². The van der Waals surface area contributed by atoms with E-state index in [4.69, 9.17) is 0 Å². The molecule has 2 nitrogen and oxygen atoms in total. The first-order chi connectivity index (χ1) is 8.29. The summed E-state index contributed by atoms with van der Waals surface area (Å²) in [5.74, 6) is 1.14. The van der Waals surface area contributed by atoms with Crippen molar-refractivity contribution >= 4 is 11.5 Å². The van der Waals surface area contributed by atoms with E-state index in [0.29, 0.717) is 11.7 Å². The van der Waals surface area contributed by atoms with Crippen LogP contribution < -0.4 is 4.90 Å². The smallest absolute Gasteiger partial charge is 0.159 e. The van der Waals surface area contributed by atoms with Gasteiger partial charge in [-0.15, -0.1) is 0 Å². The molecule has 2 heteroatoms. The summed E-state index contributed by atoms with van der Waals surface area (Å²) in [5.41, 5.74) is 1.13. The first-order valence-electron chi connectivity index (χ1n) is 6.27. The van der Waals surface area contributed by atoms with Crippen molar-refractivity contribution in [3.05, 3.63) is 42.5 Å². The molecule has 3 rings (SSSR count). The predicted octanol–water partition coefficient (Wildman–Crippen LogP) is 2.66. The van der Waals surface area contributed by atoms with Gasteiger partial charge in [-0.3, -0.25) is 4.79 Å². The van der Waals surface area contributed by atoms with Crippen LogP contribution in [0.2, 0.25) is 0 Å². The largest absolute Gasteiger partial charge is 0.364 e. The predicted molar refractivity (Wildman–Crippen MR) is 69.0 cm³/mol. The number of carbonyl (C=O) groups excluding carboxylic acids is 1. The maximum absolute atomic E-state index is 12.1. The van der Waals surface area contributed by atoms with Crippen molar-refractivity contribution in [2.45, 2.75) is 18.9 Å². The highest BCUT2D eigenvalue weighted by atomic mass is 16.1. The van der Waals surface area contributed by atoms with E-state index in [1.54, 1.807) is 0 Å². The third kappa shape index (κ3) is 1.59. The van der Waals surface area contributed by atoms with Crippen LogP contribution in [0.5, 0.6) is 0 Å². The Morgan fingerprint density at radius 3 is 2.76 bits per heavy atom. The number of hydrogen-bond donors (Lipinski definition) is 0. The van der Waals surface area contributed by atoms with Crippen molar-refractivity contribution in [2.75, 3.05) is 11.9 Å². The van der Waals surface area contributed by atoms with Crippen molar-refractivity contribution < 1.29 is 4.79 Å². The number of likely N-dealkylation sites (N-methyl/N-ethyl adjacent to an activating group) is 1. The summed E-state index contributed by atoms with van der Waals surface area (Å²) in [6.45, 7) is 0. The summed E-state index contributed by atoms with van der Waals surface area (Å²) in [7, 11) is 2.02. The molecule has 1 aromatic carbocycles. The van der Waals surface area contributed by atoms with E-state index < -0.39 is 0 Å². The van der Waals surface area contributed by atoms with Crippen LogP contribution in [0, 0.1) is 11.8 Å². The highest BCUT2D eigenvalue weighted by molar-refractivity contribution is 5.96. The number of nitrogens with zero attached hydrogens (tertiary/aromatic N) is 1. The van der Waals surface area contributed by atoms with Gasteiger partial charge < -0.3 is 4.90 Å². The molecular formula is C15H17NO. The quantitative estimate of drug-likeness (QED) is 0.724. The van der Waals surface area contributed by atoms with Crippen LogP contribution in [0.25, 0.3) is 0 Å². The molecule has 1 saturated carbocycles. The normalized spacial score (nSPS) is 30.6. The van der Waals surface area contributed by atoms with Gasteiger partial charge in [-0.2, -0.15) is 0 Å². The highest BCUT2D eigenvalue weighted by Gasteiger charge is 2.50. The number of hydrogen-bond acceptors (Lipinski definition) is 2. The van der Waals surface area contributed by atoms with E-state index in [0.717, 1.165) is 18.5 Å². The maximum Gasteiger partial charge on any atom is 0.159 e. The van der Waals surface area contributed by atoms with Crippen molar-refractivity contribution in [3.63, 3.8) is 0 Å². The van der Waals surface area contributed by atoms with E-state index in [2.05, 4.69) is 29.2 Å². The lowest BCUT2D eigenvalue weighted by atomic mass is 9.63. The van der Waals surface area contributed by atoms with Gasteiger partial charge in [0, 0.05) is 24.6 Å². The molecule has 0 aromatic heterocycles. The second kappa shape index (κ2) is 4.02. The van der Waals surface area contributed by atoms with Crippen LogP contribution in [0.15, 0.2) is 42.5 Å². The van der Waals surface area contributed by atoms with Crippen molar-refractivity contribution in [1.29, 1.82) is 0 Å². The first kappa shape index (κ1) is 10.6. The summed E-state index contributed by atoms with van der Waals surface area (Å²) in [4.78, 5) is 14.3. The Hall–Kier alpha value is -1.57. The Morgan fingerprint density at radius 2 is 2.00 bits per heavy atom. The third-order valence-corrected chi connectivity index (χ3v) is 4.07. The standard InChI is InChI=1S/C15H17NO/c1-16(11-7-3-2-4-8-11)14-12-9-5-6-10-13(12)15(14)17/h2-5,7-9,12-14H,6,10H2,1H3/t12-,13+,14-/m0/s1. The second-order valence-electron chi connectivity index (χ2n) is 4.98. The summed E-state index contributed by atoms with van der Waals surface area (Å²) in [6, 6.07) is 10.2.